The first-order valence-corrected chi connectivity index (χ1v) is 7.29. The Labute approximate surface area is 135 Å². The molecule has 0 N–H and O–H groups in total. The van der Waals surface area contributed by atoms with E-state index in [1.54, 1.807) is 0 Å². The number of hydrogen-bond donors (Lipinski definition) is 0. The average molecular weight is 340 g/mol. The normalized spacial score (nSPS) is 17.3. The molecule has 1 aromatic carbocycles. The Balaban J connectivity index is 1.63. The first-order valence-electron chi connectivity index (χ1n) is 6.91. The fourth-order valence-corrected chi connectivity index (χ4v) is 2.43. The van der Waals surface area contributed by atoms with Crippen molar-refractivity contribution >= 4 is 17.5 Å². The number of hydrogen-bond acceptors (Lipinski definition) is 4. The molecule has 23 heavy (non-hydrogen) atoms. The summed E-state index contributed by atoms with van der Waals surface area (Å²) in [7, 11) is 0. The van der Waals surface area contributed by atoms with E-state index in [9.17, 15) is 13.6 Å². The highest BCUT2D eigenvalue weighted by atomic mass is 35.5. The van der Waals surface area contributed by atoms with Gasteiger partial charge in [-0.3, -0.25) is 4.79 Å². The number of likely N-dealkylation sites (tertiary alicyclic amines) is 1. The van der Waals surface area contributed by atoms with Crippen LogP contribution in [0.4, 0.5) is 8.78 Å². The molecule has 1 amide bonds. The Hall–Kier alpha value is -2.28. The molecule has 0 radical (unpaired) electrons. The van der Waals surface area contributed by atoms with Gasteiger partial charge in [0.2, 0.25) is 0 Å². The standard InChI is InChI=1S/C15H12ClF2N3O2/c16-10-6-19-15(20-7-10)23-11-3-4-21(8-11)14(22)9-1-2-12(17)13(18)5-9/h1-2,5-7,11H,3-4,8H2/t11-/m1/s1. The smallest absolute Gasteiger partial charge is 0.316 e. The van der Waals surface area contributed by atoms with Gasteiger partial charge in [-0.1, -0.05) is 11.6 Å². The number of ether oxygens (including phenoxy) is 1. The van der Waals surface area contributed by atoms with E-state index in [1.165, 1.54) is 23.4 Å². The summed E-state index contributed by atoms with van der Waals surface area (Å²) >= 11 is 5.69. The van der Waals surface area contributed by atoms with Crippen molar-refractivity contribution in [2.75, 3.05) is 13.1 Å². The van der Waals surface area contributed by atoms with Crippen molar-refractivity contribution in [3.8, 4) is 6.01 Å². The summed E-state index contributed by atoms with van der Waals surface area (Å²) < 4.78 is 31.7. The van der Waals surface area contributed by atoms with Crippen LogP contribution in [0, 0.1) is 11.6 Å². The van der Waals surface area contributed by atoms with Crippen LogP contribution in [0.15, 0.2) is 30.6 Å². The third-order valence-corrected chi connectivity index (χ3v) is 3.66. The molecule has 3 rings (SSSR count). The number of nitrogens with zero attached hydrogens (tertiary/aromatic N) is 3. The van der Waals surface area contributed by atoms with Gasteiger partial charge in [0.25, 0.3) is 5.91 Å². The molecule has 0 unspecified atom stereocenters. The number of carbonyl (C=O) groups excluding carboxylic acids is 1. The van der Waals surface area contributed by atoms with Crippen molar-refractivity contribution < 1.29 is 18.3 Å². The second-order valence-electron chi connectivity index (χ2n) is 5.09. The first kappa shape index (κ1) is 15.6. The lowest BCUT2D eigenvalue weighted by Gasteiger charge is -2.16. The lowest BCUT2D eigenvalue weighted by Crippen LogP contribution is -2.31. The monoisotopic (exact) mass is 339 g/mol. The molecule has 0 saturated carbocycles. The number of halogens is 3. The summed E-state index contributed by atoms with van der Waals surface area (Å²) in [5, 5.41) is 0.402. The summed E-state index contributed by atoms with van der Waals surface area (Å²) in [5.41, 5.74) is 0.104. The number of benzene rings is 1. The third-order valence-electron chi connectivity index (χ3n) is 3.47. The van der Waals surface area contributed by atoms with Gasteiger partial charge in [0.05, 0.1) is 24.0 Å². The van der Waals surface area contributed by atoms with Crippen LogP contribution in [0.1, 0.15) is 16.8 Å². The highest BCUT2D eigenvalue weighted by Crippen LogP contribution is 2.19. The van der Waals surface area contributed by atoms with E-state index >= 15 is 0 Å². The zero-order valence-corrected chi connectivity index (χ0v) is 12.6. The van der Waals surface area contributed by atoms with Gasteiger partial charge >= 0.3 is 6.01 Å². The number of rotatable bonds is 3. The predicted octanol–water partition coefficient (Wildman–Crippen LogP) is 2.70. The van der Waals surface area contributed by atoms with E-state index in [0.29, 0.717) is 24.5 Å². The molecular weight excluding hydrogens is 328 g/mol. The van der Waals surface area contributed by atoms with Crippen LogP contribution in [0.2, 0.25) is 5.02 Å². The van der Waals surface area contributed by atoms with Crippen molar-refractivity contribution in [1.82, 2.24) is 14.9 Å². The van der Waals surface area contributed by atoms with Gasteiger partial charge in [-0.05, 0) is 18.2 Å². The molecule has 8 heteroatoms. The Morgan fingerprint density at radius 1 is 1.26 bits per heavy atom. The molecule has 1 aromatic heterocycles. The van der Waals surface area contributed by atoms with E-state index in [4.69, 9.17) is 16.3 Å². The van der Waals surface area contributed by atoms with Crippen LogP contribution in [-0.4, -0.2) is 40.0 Å². The van der Waals surface area contributed by atoms with Crippen LogP contribution in [0.5, 0.6) is 6.01 Å². The maximum atomic E-state index is 13.2. The fourth-order valence-electron chi connectivity index (χ4n) is 2.33. The van der Waals surface area contributed by atoms with Gasteiger partial charge in [0, 0.05) is 18.5 Å². The molecule has 2 heterocycles. The van der Waals surface area contributed by atoms with Crippen LogP contribution in [0.25, 0.3) is 0 Å². The highest BCUT2D eigenvalue weighted by molar-refractivity contribution is 6.30. The van der Waals surface area contributed by atoms with Crippen molar-refractivity contribution in [3.63, 3.8) is 0 Å². The van der Waals surface area contributed by atoms with E-state index in [1.807, 2.05) is 0 Å². The minimum atomic E-state index is -1.04. The van der Waals surface area contributed by atoms with Crippen LogP contribution in [0.3, 0.4) is 0 Å². The van der Waals surface area contributed by atoms with Crippen molar-refractivity contribution in [3.05, 3.63) is 52.8 Å². The number of aromatic nitrogens is 2. The van der Waals surface area contributed by atoms with Gasteiger partial charge in [-0.2, -0.15) is 0 Å². The maximum Gasteiger partial charge on any atom is 0.316 e. The van der Waals surface area contributed by atoms with Crippen molar-refractivity contribution in [2.24, 2.45) is 0 Å². The summed E-state index contributed by atoms with van der Waals surface area (Å²) in [6.07, 6.45) is 3.18. The van der Waals surface area contributed by atoms with Gasteiger partial charge in [-0.15, -0.1) is 0 Å². The molecule has 0 spiro atoms. The Morgan fingerprint density at radius 2 is 2.00 bits per heavy atom. The molecule has 5 nitrogen and oxygen atoms in total. The van der Waals surface area contributed by atoms with Crippen molar-refractivity contribution in [2.45, 2.75) is 12.5 Å². The zero-order chi connectivity index (χ0) is 16.4. The SMILES string of the molecule is O=C(c1ccc(F)c(F)c1)N1CC[C@@H](Oc2ncc(Cl)cn2)C1. The molecule has 1 aliphatic rings. The molecule has 1 fully saturated rings. The molecular formula is C15H12ClF2N3O2. The second kappa shape index (κ2) is 6.45. The van der Waals surface area contributed by atoms with Crippen LogP contribution in [-0.2, 0) is 0 Å². The van der Waals surface area contributed by atoms with Crippen LogP contribution < -0.4 is 4.74 Å². The minimum Gasteiger partial charge on any atom is -0.458 e. The van der Waals surface area contributed by atoms with Gasteiger partial charge < -0.3 is 9.64 Å². The summed E-state index contributed by atoms with van der Waals surface area (Å²) in [6.45, 7) is 0.778. The summed E-state index contributed by atoms with van der Waals surface area (Å²) in [4.78, 5) is 21.7. The van der Waals surface area contributed by atoms with Crippen molar-refractivity contribution in [1.29, 1.82) is 0 Å². The quantitative estimate of drug-likeness (QED) is 0.862. The van der Waals surface area contributed by atoms with E-state index in [0.717, 1.165) is 12.1 Å². The summed E-state index contributed by atoms with van der Waals surface area (Å²) in [6, 6.07) is 3.28. The molecule has 2 aromatic rings. The van der Waals surface area contributed by atoms with Crippen LogP contribution >= 0.6 is 11.6 Å². The van der Waals surface area contributed by atoms with E-state index < -0.39 is 11.6 Å². The molecule has 1 saturated heterocycles. The van der Waals surface area contributed by atoms with Gasteiger partial charge in [-0.25, -0.2) is 18.7 Å². The molecule has 1 atom stereocenters. The first-order chi connectivity index (χ1) is 11.0. The largest absolute Gasteiger partial charge is 0.458 e. The Morgan fingerprint density at radius 3 is 2.70 bits per heavy atom. The topological polar surface area (TPSA) is 55.3 Å². The predicted molar refractivity (Wildman–Crippen MR) is 78.3 cm³/mol. The molecule has 0 aliphatic carbocycles. The van der Waals surface area contributed by atoms with Gasteiger partial charge in [0.1, 0.15) is 6.10 Å². The van der Waals surface area contributed by atoms with Gasteiger partial charge in [0.15, 0.2) is 11.6 Å². The molecule has 0 bridgehead atoms. The molecule has 120 valence electrons. The maximum absolute atomic E-state index is 13.2. The number of amides is 1. The Kier molecular flexibility index (Phi) is 4.38. The molecule has 1 aliphatic heterocycles. The Bertz CT molecular complexity index is 727. The third kappa shape index (κ3) is 3.56. The second-order valence-corrected chi connectivity index (χ2v) is 5.53. The lowest BCUT2D eigenvalue weighted by molar-refractivity contribution is 0.0769. The lowest BCUT2D eigenvalue weighted by atomic mass is 10.2. The highest BCUT2D eigenvalue weighted by Gasteiger charge is 2.29. The average Bonchev–Trinajstić information content (AvgIpc) is 3.00. The minimum absolute atomic E-state index is 0.104. The van der Waals surface area contributed by atoms with E-state index in [2.05, 4.69) is 9.97 Å². The van der Waals surface area contributed by atoms with E-state index in [-0.39, 0.29) is 23.6 Å². The summed E-state index contributed by atoms with van der Waals surface area (Å²) in [5.74, 6) is -2.39. The zero-order valence-electron chi connectivity index (χ0n) is 11.9. The fraction of sp³-hybridized carbons (Fsp3) is 0.267. The number of carbonyl (C=O) groups is 1.